The molecule has 0 saturated carbocycles. The normalized spacial score (nSPS) is 24.4. The highest BCUT2D eigenvalue weighted by Gasteiger charge is 2.49. The van der Waals surface area contributed by atoms with Gasteiger partial charge in [0.15, 0.2) is 0 Å². The van der Waals surface area contributed by atoms with Crippen LogP contribution in [0.1, 0.15) is 58.1 Å². The Labute approximate surface area is 128 Å². The number of carboxylic acids is 1. The molecule has 1 aliphatic heterocycles. The molecule has 2 rings (SSSR count). The second kappa shape index (κ2) is 6.61. The van der Waals surface area contributed by atoms with E-state index in [1.807, 2.05) is 25.1 Å². The van der Waals surface area contributed by atoms with Gasteiger partial charge >= 0.3 is 5.97 Å². The van der Waals surface area contributed by atoms with E-state index in [4.69, 9.17) is 0 Å². The highest BCUT2D eigenvalue weighted by atomic mass is 16.4. The van der Waals surface area contributed by atoms with Crippen LogP contribution in [0.3, 0.4) is 0 Å². The summed E-state index contributed by atoms with van der Waals surface area (Å²) < 4.78 is 0. The van der Waals surface area contributed by atoms with Crippen molar-refractivity contribution >= 4 is 5.97 Å². The van der Waals surface area contributed by atoms with Crippen LogP contribution in [0.4, 0.5) is 0 Å². The fourth-order valence-corrected chi connectivity index (χ4v) is 3.68. The molecular weight excluding hydrogens is 262 g/mol. The quantitative estimate of drug-likeness (QED) is 0.857. The molecule has 1 aromatic rings. The average Bonchev–Trinajstić information content (AvgIpc) is 2.90. The van der Waals surface area contributed by atoms with Crippen molar-refractivity contribution < 1.29 is 9.90 Å². The highest BCUT2D eigenvalue weighted by Crippen LogP contribution is 2.41. The van der Waals surface area contributed by atoms with E-state index in [1.165, 1.54) is 5.56 Å². The predicted molar refractivity (Wildman–Crippen MR) is 85.2 cm³/mol. The minimum atomic E-state index is -0.685. The van der Waals surface area contributed by atoms with Crippen molar-refractivity contribution in [3.63, 3.8) is 0 Å². The number of likely N-dealkylation sites (tertiary alicyclic amines) is 1. The van der Waals surface area contributed by atoms with E-state index < -0.39 is 11.5 Å². The van der Waals surface area contributed by atoms with Crippen LogP contribution in [0, 0.1) is 5.92 Å². The Hall–Kier alpha value is -1.35. The number of carboxylic acid groups (broad SMARTS) is 1. The van der Waals surface area contributed by atoms with Crippen LogP contribution in [0.2, 0.25) is 0 Å². The van der Waals surface area contributed by atoms with Crippen molar-refractivity contribution in [2.75, 3.05) is 6.54 Å². The fourth-order valence-electron chi connectivity index (χ4n) is 3.68. The first-order valence-electron chi connectivity index (χ1n) is 8.06. The second-order valence-electron chi connectivity index (χ2n) is 6.54. The summed E-state index contributed by atoms with van der Waals surface area (Å²) in [5.74, 6) is -0.119. The third kappa shape index (κ3) is 3.13. The average molecular weight is 289 g/mol. The Kier molecular flexibility index (Phi) is 5.04. The Morgan fingerprint density at radius 3 is 2.52 bits per heavy atom. The van der Waals surface area contributed by atoms with E-state index in [-0.39, 0.29) is 6.04 Å². The number of nitrogens with zero attached hydrogens (tertiary/aromatic N) is 1. The Morgan fingerprint density at radius 2 is 2.00 bits per heavy atom. The van der Waals surface area contributed by atoms with Gasteiger partial charge in [-0.3, -0.25) is 9.69 Å². The molecule has 0 amide bonds. The molecule has 1 aliphatic rings. The summed E-state index contributed by atoms with van der Waals surface area (Å²) in [7, 11) is 0. The van der Waals surface area contributed by atoms with E-state index in [0.29, 0.717) is 12.3 Å². The van der Waals surface area contributed by atoms with Gasteiger partial charge in [-0.05, 0) is 43.7 Å². The first-order chi connectivity index (χ1) is 10.0. The van der Waals surface area contributed by atoms with Gasteiger partial charge in [-0.2, -0.15) is 0 Å². The standard InChI is InChI=1S/C18H27NO2/c1-4-18(17(20)21)11-8-12-19(18)16(13-14(2)3)15-9-6-5-7-10-15/h5-7,9-10,14,16H,4,8,11-13H2,1-3H3,(H,20,21). The summed E-state index contributed by atoms with van der Waals surface area (Å²) >= 11 is 0. The van der Waals surface area contributed by atoms with Gasteiger partial charge < -0.3 is 5.11 Å². The molecule has 3 nitrogen and oxygen atoms in total. The lowest BCUT2D eigenvalue weighted by molar-refractivity contribution is -0.152. The van der Waals surface area contributed by atoms with Crippen LogP contribution in [-0.2, 0) is 4.79 Å². The zero-order chi connectivity index (χ0) is 15.5. The maximum absolute atomic E-state index is 11.9. The topological polar surface area (TPSA) is 40.5 Å². The molecule has 0 aliphatic carbocycles. The molecule has 1 fully saturated rings. The van der Waals surface area contributed by atoms with Crippen LogP contribution in [0.5, 0.6) is 0 Å². The molecule has 2 unspecified atom stereocenters. The lowest BCUT2D eigenvalue weighted by atomic mass is 9.88. The number of rotatable bonds is 6. The van der Waals surface area contributed by atoms with Gasteiger partial charge in [-0.1, -0.05) is 51.1 Å². The lowest BCUT2D eigenvalue weighted by Gasteiger charge is -2.40. The molecule has 116 valence electrons. The molecule has 0 spiro atoms. The summed E-state index contributed by atoms with van der Waals surface area (Å²) in [6, 6.07) is 10.6. The van der Waals surface area contributed by atoms with E-state index in [9.17, 15) is 9.90 Å². The van der Waals surface area contributed by atoms with E-state index in [1.54, 1.807) is 0 Å². The van der Waals surface area contributed by atoms with Crippen molar-refractivity contribution in [1.82, 2.24) is 4.90 Å². The number of hydrogen-bond acceptors (Lipinski definition) is 2. The number of hydrogen-bond donors (Lipinski definition) is 1. The molecule has 1 aromatic carbocycles. The lowest BCUT2D eigenvalue weighted by Crippen LogP contribution is -2.51. The number of aliphatic carboxylic acids is 1. The van der Waals surface area contributed by atoms with Gasteiger partial charge in [-0.25, -0.2) is 0 Å². The van der Waals surface area contributed by atoms with Crippen LogP contribution >= 0.6 is 0 Å². The molecule has 21 heavy (non-hydrogen) atoms. The first-order valence-corrected chi connectivity index (χ1v) is 8.06. The summed E-state index contributed by atoms with van der Waals surface area (Å²) in [4.78, 5) is 14.2. The first kappa shape index (κ1) is 16.0. The maximum Gasteiger partial charge on any atom is 0.324 e. The maximum atomic E-state index is 11.9. The van der Waals surface area contributed by atoms with Crippen molar-refractivity contribution in [2.45, 2.75) is 58.0 Å². The molecule has 0 aromatic heterocycles. The van der Waals surface area contributed by atoms with Gasteiger partial charge in [0.25, 0.3) is 0 Å². The Morgan fingerprint density at radius 1 is 1.33 bits per heavy atom. The van der Waals surface area contributed by atoms with Crippen LogP contribution in [0.25, 0.3) is 0 Å². The summed E-state index contributed by atoms with van der Waals surface area (Å²) in [6.45, 7) is 7.30. The fraction of sp³-hybridized carbons (Fsp3) is 0.611. The van der Waals surface area contributed by atoms with E-state index in [0.717, 1.165) is 25.8 Å². The van der Waals surface area contributed by atoms with Gasteiger partial charge in [0, 0.05) is 6.04 Å². The molecule has 1 saturated heterocycles. The molecule has 1 heterocycles. The highest BCUT2D eigenvalue weighted by molar-refractivity contribution is 5.79. The molecule has 0 bridgehead atoms. The molecule has 3 heteroatoms. The minimum Gasteiger partial charge on any atom is -0.480 e. The Bertz CT molecular complexity index is 471. The second-order valence-corrected chi connectivity index (χ2v) is 6.54. The van der Waals surface area contributed by atoms with Crippen molar-refractivity contribution in [3.05, 3.63) is 35.9 Å². The third-order valence-electron chi connectivity index (χ3n) is 4.78. The molecular formula is C18H27NO2. The largest absolute Gasteiger partial charge is 0.480 e. The van der Waals surface area contributed by atoms with Crippen LogP contribution in [-0.4, -0.2) is 28.1 Å². The monoisotopic (exact) mass is 289 g/mol. The number of carbonyl (C=O) groups is 1. The zero-order valence-corrected chi connectivity index (χ0v) is 13.4. The predicted octanol–water partition coefficient (Wildman–Crippen LogP) is 4.10. The smallest absolute Gasteiger partial charge is 0.324 e. The zero-order valence-electron chi connectivity index (χ0n) is 13.4. The van der Waals surface area contributed by atoms with Crippen molar-refractivity contribution in [2.24, 2.45) is 5.92 Å². The van der Waals surface area contributed by atoms with E-state index >= 15 is 0 Å². The summed E-state index contributed by atoms with van der Waals surface area (Å²) in [6.07, 6.45) is 3.41. The van der Waals surface area contributed by atoms with Gasteiger partial charge in [-0.15, -0.1) is 0 Å². The minimum absolute atomic E-state index is 0.199. The summed E-state index contributed by atoms with van der Waals surface area (Å²) in [5.41, 5.74) is 0.558. The van der Waals surface area contributed by atoms with Crippen molar-refractivity contribution in [3.8, 4) is 0 Å². The summed E-state index contributed by atoms with van der Waals surface area (Å²) in [5, 5.41) is 9.82. The van der Waals surface area contributed by atoms with Gasteiger partial charge in [0.1, 0.15) is 5.54 Å². The van der Waals surface area contributed by atoms with Crippen LogP contribution < -0.4 is 0 Å². The van der Waals surface area contributed by atoms with Gasteiger partial charge in [0.05, 0.1) is 0 Å². The third-order valence-corrected chi connectivity index (χ3v) is 4.78. The SMILES string of the molecule is CCC1(C(=O)O)CCCN1C(CC(C)C)c1ccccc1. The van der Waals surface area contributed by atoms with Gasteiger partial charge in [0.2, 0.25) is 0 Å². The number of benzene rings is 1. The molecule has 0 radical (unpaired) electrons. The molecule has 2 atom stereocenters. The Balaban J connectivity index is 2.38. The van der Waals surface area contributed by atoms with Crippen LogP contribution in [0.15, 0.2) is 30.3 Å². The van der Waals surface area contributed by atoms with E-state index in [2.05, 4.69) is 30.9 Å². The van der Waals surface area contributed by atoms with Crippen molar-refractivity contribution in [1.29, 1.82) is 0 Å². The molecule has 1 N–H and O–H groups in total.